The van der Waals surface area contributed by atoms with Gasteiger partial charge in [0.15, 0.2) is 0 Å². The van der Waals surface area contributed by atoms with E-state index in [4.69, 9.17) is 4.74 Å². The molecule has 0 radical (unpaired) electrons. The highest BCUT2D eigenvalue weighted by molar-refractivity contribution is 5.72. The standard InChI is InChI=1S/C11H17N3O2/c1-3-9-12-13-10-5-4-8(11(15)16-2)6-7-14(9)10/h8H,3-7H2,1-2H3. The van der Waals surface area contributed by atoms with Crippen LogP contribution in [0.2, 0.25) is 0 Å². The van der Waals surface area contributed by atoms with Crippen molar-refractivity contribution in [2.45, 2.75) is 39.2 Å². The minimum absolute atomic E-state index is 0.0106. The first-order chi connectivity index (χ1) is 7.76. The van der Waals surface area contributed by atoms with Gasteiger partial charge in [-0.3, -0.25) is 4.79 Å². The number of carbonyl (C=O) groups excluding carboxylic acids is 1. The summed E-state index contributed by atoms with van der Waals surface area (Å²) in [5, 5.41) is 8.31. The highest BCUT2D eigenvalue weighted by Gasteiger charge is 2.24. The number of nitrogens with zero attached hydrogens (tertiary/aromatic N) is 3. The van der Waals surface area contributed by atoms with Crippen LogP contribution in [-0.2, 0) is 28.9 Å². The second kappa shape index (κ2) is 4.63. The molecule has 0 aromatic carbocycles. The number of methoxy groups -OCH3 is 1. The van der Waals surface area contributed by atoms with Crippen molar-refractivity contribution >= 4 is 5.97 Å². The van der Waals surface area contributed by atoms with Crippen LogP contribution in [0.3, 0.4) is 0 Å². The smallest absolute Gasteiger partial charge is 0.308 e. The van der Waals surface area contributed by atoms with E-state index in [-0.39, 0.29) is 11.9 Å². The summed E-state index contributed by atoms with van der Waals surface area (Å²) in [6.45, 7) is 2.89. The van der Waals surface area contributed by atoms with E-state index in [2.05, 4.69) is 21.7 Å². The fraction of sp³-hybridized carbons (Fsp3) is 0.727. The quantitative estimate of drug-likeness (QED) is 0.701. The number of aromatic nitrogens is 3. The van der Waals surface area contributed by atoms with Gasteiger partial charge in [-0.1, -0.05) is 6.92 Å². The number of hydrogen-bond acceptors (Lipinski definition) is 4. The number of hydrogen-bond donors (Lipinski definition) is 0. The lowest BCUT2D eigenvalue weighted by atomic mass is 10.0. The van der Waals surface area contributed by atoms with Crippen LogP contribution in [0.5, 0.6) is 0 Å². The second-order valence-electron chi connectivity index (χ2n) is 4.09. The number of fused-ring (bicyclic) bond motifs is 1. The molecule has 1 atom stereocenters. The molecule has 1 unspecified atom stereocenters. The zero-order valence-corrected chi connectivity index (χ0v) is 9.77. The lowest BCUT2D eigenvalue weighted by molar-refractivity contribution is -0.145. The Morgan fingerprint density at radius 3 is 3.00 bits per heavy atom. The Morgan fingerprint density at radius 2 is 2.31 bits per heavy atom. The molecule has 2 rings (SSSR count). The van der Waals surface area contributed by atoms with E-state index in [1.807, 2.05) is 0 Å². The molecule has 5 nitrogen and oxygen atoms in total. The topological polar surface area (TPSA) is 57.0 Å². The number of ether oxygens (including phenoxy) is 1. The fourth-order valence-electron chi connectivity index (χ4n) is 2.21. The van der Waals surface area contributed by atoms with Crippen molar-refractivity contribution in [2.24, 2.45) is 5.92 Å². The molecule has 0 spiro atoms. The van der Waals surface area contributed by atoms with E-state index in [1.165, 1.54) is 7.11 Å². The van der Waals surface area contributed by atoms with Crippen molar-refractivity contribution in [2.75, 3.05) is 7.11 Å². The first-order valence-electron chi connectivity index (χ1n) is 5.75. The van der Waals surface area contributed by atoms with Gasteiger partial charge in [0.2, 0.25) is 0 Å². The molecule has 1 aliphatic heterocycles. The van der Waals surface area contributed by atoms with Gasteiger partial charge in [0.05, 0.1) is 13.0 Å². The van der Waals surface area contributed by atoms with E-state index in [0.29, 0.717) is 0 Å². The van der Waals surface area contributed by atoms with Crippen LogP contribution in [-0.4, -0.2) is 27.8 Å². The highest BCUT2D eigenvalue weighted by Crippen LogP contribution is 2.21. The maximum atomic E-state index is 11.5. The van der Waals surface area contributed by atoms with Crippen LogP contribution < -0.4 is 0 Å². The molecule has 0 saturated heterocycles. The maximum Gasteiger partial charge on any atom is 0.308 e. The molecular formula is C11H17N3O2. The zero-order chi connectivity index (χ0) is 11.5. The third kappa shape index (κ3) is 1.94. The molecule has 2 heterocycles. The Balaban J connectivity index is 2.13. The average molecular weight is 223 g/mol. The van der Waals surface area contributed by atoms with Crippen LogP contribution in [0.15, 0.2) is 0 Å². The molecule has 0 saturated carbocycles. The summed E-state index contributed by atoms with van der Waals surface area (Å²) in [5.41, 5.74) is 0. The van der Waals surface area contributed by atoms with Gasteiger partial charge in [-0.25, -0.2) is 0 Å². The molecule has 5 heteroatoms. The summed E-state index contributed by atoms with van der Waals surface area (Å²) in [6, 6.07) is 0. The van der Waals surface area contributed by atoms with Crippen molar-refractivity contribution < 1.29 is 9.53 Å². The Hall–Kier alpha value is -1.39. The molecular weight excluding hydrogens is 206 g/mol. The van der Waals surface area contributed by atoms with E-state index < -0.39 is 0 Å². The van der Waals surface area contributed by atoms with Crippen molar-refractivity contribution in [1.29, 1.82) is 0 Å². The molecule has 0 amide bonds. The third-order valence-corrected chi connectivity index (χ3v) is 3.17. The Bertz CT molecular complexity index is 387. The van der Waals surface area contributed by atoms with Crippen LogP contribution in [0.1, 0.15) is 31.4 Å². The van der Waals surface area contributed by atoms with Crippen molar-refractivity contribution in [3.05, 3.63) is 11.6 Å². The Morgan fingerprint density at radius 1 is 1.50 bits per heavy atom. The normalized spacial score (nSPS) is 20.0. The van der Waals surface area contributed by atoms with Crippen LogP contribution in [0.25, 0.3) is 0 Å². The average Bonchev–Trinajstić information content (AvgIpc) is 2.59. The monoisotopic (exact) mass is 223 g/mol. The van der Waals surface area contributed by atoms with Gasteiger partial charge >= 0.3 is 5.97 Å². The summed E-state index contributed by atoms with van der Waals surface area (Å²) >= 11 is 0. The zero-order valence-electron chi connectivity index (χ0n) is 9.77. The van der Waals surface area contributed by atoms with Gasteiger partial charge in [0.25, 0.3) is 0 Å². The Kier molecular flexibility index (Phi) is 3.22. The number of carbonyl (C=O) groups is 1. The molecule has 88 valence electrons. The minimum Gasteiger partial charge on any atom is -0.469 e. The van der Waals surface area contributed by atoms with Gasteiger partial charge in [0.1, 0.15) is 11.6 Å². The molecule has 0 N–H and O–H groups in total. The summed E-state index contributed by atoms with van der Waals surface area (Å²) in [7, 11) is 1.45. The van der Waals surface area contributed by atoms with Crippen LogP contribution >= 0.6 is 0 Å². The molecule has 1 aromatic rings. The lowest BCUT2D eigenvalue weighted by Crippen LogP contribution is -2.17. The van der Waals surface area contributed by atoms with E-state index in [1.54, 1.807) is 0 Å². The van der Waals surface area contributed by atoms with E-state index in [9.17, 15) is 4.79 Å². The van der Waals surface area contributed by atoms with Crippen LogP contribution in [0.4, 0.5) is 0 Å². The Labute approximate surface area is 94.8 Å². The summed E-state index contributed by atoms with van der Waals surface area (Å²) in [6.07, 6.45) is 3.34. The SMILES string of the molecule is CCc1nnc2n1CCC(C(=O)OC)CC2. The van der Waals surface area contributed by atoms with Crippen molar-refractivity contribution in [3.63, 3.8) is 0 Å². The summed E-state index contributed by atoms with van der Waals surface area (Å²) < 4.78 is 6.93. The molecule has 16 heavy (non-hydrogen) atoms. The van der Waals surface area contributed by atoms with E-state index >= 15 is 0 Å². The van der Waals surface area contributed by atoms with Gasteiger partial charge in [-0.2, -0.15) is 0 Å². The molecule has 1 aliphatic rings. The summed E-state index contributed by atoms with van der Waals surface area (Å²) in [4.78, 5) is 11.5. The van der Waals surface area contributed by atoms with Crippen molar-refractivity contribution in [3.8, 4) is 0 Å². The lowest BCUT2D eigenvalue weighted by Gasteiger charge is -2.10. The number of esters is 1. The first kappa shape index (κ1) is 11.1. The molecule has 0 bridgehead atoms. The fourth-order valence-corrected chi connectivity index (χ4v) is 2.21. The predicted molar refractivity (Wildman–Crippen MR) is 57.8 cm³/mol. The largest absolute Gasteiger partial charge is 0.469 e. The van der Waals surface area contributed by atoms with Gasteiger partial charge in [-0.05, 0) is 12.8 Å². The maximum absolute atomic E-state index is 11.5. The highest BCUT2D eigenvalue weighted by atomic mass is 16.5. The first-order valence-corrected chi connectivity index (χ1v) is 5.75. The third-order valence-electron chi connectivity index (χ3n) is 3.17. The van der Waals surface area contributed by atoms with Crippen molar-refractivity contribution in [1.82, 2.24) is 14.8 Å². The minimum atomic E-state index is -0.100. The summed E-state index contributed by atoms with van der Waals surface area (Å²) in [5.74, 6) is 1.93. The van der Waals surface area contributed by atoms with Gasteiger partial charge in [0, 0.05) is 19.4 Å². The molecule has 1 aromatic heterocycles. The molecule has 0 fully saturated rings. The van der Waals surface area contributed by atoms with Gasteiger partial charge in [-0.15, -0.1) is 10.2 Å². The van der Waals surface area contributed by atoms with E-state index in [0.717, 1.165) is 43.9 Å². The number of aryl methyl sites for hydroxylation is 2. The van der Waals surface area contributed by atoms with Gasteiger partial charge < -0.3 is 9.30 Å². The molecule has 0 aliphatic carbocycles. The van der Waals surface area contributed by atoms with Crippen LogP contribution in [0, 0.1) is 5.92 Å². The predicted octanol–water partition coefficient (Wildman–Crippen LogP) is 0.966. The second-order valence-corrected chi connectivity index (χ2v) is 4.09. The number of rotatable bonds is 2.